The predicted molar refractivity (Wildman–Crippen MR) is 89.9 cm³/mol. The number of unbranched alkanes of at least 4 members (excludes halogenated alkanes) is 10. The van der Waals surface area contributed by atoms with E-state index < -0.39 is 12.1 Å². The average Bonchev–Trinajstić information content (AvgIpc) is 2.48. The van der Waals surface area contributed by atoms with Gasteiger partial charge in [0.25, 0.3) is 0 Å². The van der Waals surface area contributed by atoms with Crippen LogP contribution in [0.2, 0.25) is 0 Å². The Balaban J connectivity index is 3.30. The van der Waals surface area contributed by atoms with E-state index in [4.69, 9.17) is 10.2 Å². The maximum Gasteiger partial charge on any atom is 0.331 e. The van der Waals surface area contributed by atoms with Crippen LogP contribution in [0.3, 0.4) is 0 Å². The molecule has 0 radical (unpaired) electrons. The van der Waals surface area contributed by atoms with Crippen molar-refractivity contribution in [1.82, 2.24) is 0 Å². The highest BCUT2D eigenvalue weighted by Crippen LogP contribution is 2.13. The summed E-state index contributed by atoms with van der Waals surface area (Å²) in [6.45, 7) is 1.83. The van der Waals surface area contributed by atoms with Crippen molar-refractivity contribution >= 4 is 5.97 Å². The lowest BCUT2D eigenvalue weighted by atomic mass is 10.0. The second-order valence-electron chi connectivity index (χ2n) is 6.12. The van der Waals surface area contributed by atoms with E-state index in [0.29, 0.717) is 13.0 Å². The Morgan fingerprint density at radius 3 is 1.68 bits per heavy atom. The quantitative estimate of drug-likeness (QED) is 0.315. The highest BCUT2D eigenvalue weighted by atomic mass is 16.4. The van der Waals surface area contributed by atoms with E-state index in [-0.39, 0.29) is 5.57 Å². The molecule has 130 valence electrons. The Bertz CT molecular complexity index is 299. The molecule has 0 bridgehead atoms. The molecule has 0 aliphatic carbocycles. The molecule has 0 fully saturated rings. The van der Waals surface area contributed by atoms with E-state index in [1.807, 2.05) is 0 Å². The Hall–Kier alpha value is -0.870. The molecule has 3 N–H and O–H groups in total. The molecule has 1 unspecified atom stereocenters. The van der Waals surface area contributed by atoms with Crippen molar-refractivity contribution in [3.8, 4) is 0 Å². The van der Waals surface area contributed by atoms with Gasteiger partial charge in [-0.25, -0.2) is 4.79 Å². The van der Waals surface area contributed by atoms with Gasteiger partial charge in [-0.05, 0) is 25.8 Å². The second-order valence-corrected chi connectivity index (χ2v) is 6.12. The van der Waals surface area contributed by atoms with Crippen molar-refractivity contribution in [2.24, 2.45) is 0 Å². The fourth-order valence-corrected chi connectivity index (χ4v) is 2.50. The predicted octanol–water partition coefficient (Wildman–Crippen LogP) is 4.05. The summed E-state index contributed by atoms with van der Waals surface area (Å²) >= 11 is 0. The van der Waals surface area contributed by atoms with Crippen LogP contribution < -0.4 is 0 Å². The molecule has 0 amide bonds. The molecule has 1 atom stereocenters. The van der Waals surface area contributed by atoms with E-state index in [9.17, 15) is 9.90 Å². The van der Waals surface area contributed by atoms with Crippen LogP contribution in [-0.2, 0) is 4.79 Å². The number of rotatable bonds is 15. The van der Waals surface area contributed by atoms with Crippen LogP contribution in [-0.4, -0.2) is 34.0 Å². The number of carboxylic acid groups (broad SMARTS) is 1. The summed E-state index contributed by atoms with van der Waals surface area (Å²) in [5.41, 5.74) is 0.214. The molecule has 0 aromatic rings. The van der Waals surface area contributed by atoms with Gasteiger partial charge >= 0.3 is 5.97 Å². The third-order valence-electron chi connectivity index (χ3n) is 3.94. The molecule has 0 saturated carbocycles. The fourth-order valence-electron chi connectivity index (χ4n) is 2.50. The molecule has 0 aliphatic heterocycles. The summed E-state index contributed by atoms with van der Waals surface area (Å²) in [5, 5.41) is 27.1. The summed E-state index contributed by atoms with van der Waals surface area (Å²) in [6.07, 6.45) is 14.4. The third kappa shape index (κ3) is 14.1. The minimum Gasteiger partial charge on any atom is -0.478 e. The molecule has 4 nitrogen and oxygen atoms in total. The molecule has 0 aromatic heterocycles. The van der Waals surface area contributed by atoms with Gasteiger partial charge in [0.1, 0.15) is 0 Å². The SMILES string of the molecule is CC(=CC(O)CCCCCCCCCCCCCO)C(=O)O. The third-order valence-corrected chi connectivity index (χ3v) is 3.94. The van der Waals surface area contributed by atoms with Crippen molar-refractivity contribution in [1.29, 1.82) is 0 Å². The van der Waals surface area contributed by atoms with Gasteiger partial charge in [0.05, 0.1) is 6.10 Å². The summed E-state index contributed by atoms with van der Waals surface area (Å²) in [5.74, 6) is -0.963. The van der Waals surface area contributed by atoms with Crippen LogP contribution in [0.4, 0.5) is 0 Å². The summed E-state index contributed by atoms with van der Waals surface area (Å²) in [4.78, 5) is 10.6. The first-order valence-corrected chi connectivity index (χ1v) is 8.78. The van der Waals surface area contributed by atoms with Gasteiger partial charge in [0, 0.05) is 12.2 Å². The zero-order valence-corrected chi connectivity index (χ0v) is 14.1. The fraction of sp³-hybridized carbons (Fsp3) is 0.833. The molecular formula is C18H34O4. The number of aliphatic carboxylic acids is 1. The zero-order valence-electron chi connectivity index (χ0n) is 14.1. The van der Waals surface area contributed by atoms with Gasteiger partial charge in [-0.2, -0.15) is 0 Å². The van der Waals surface area contributed by atoms with Crippen LogP contribution in [0.25, 0.3) is 0 Å². The first-order valence-electron chi connectivity index (χ1n) is 8.78. The Labute approximate surface area is 135 Å². The van der Waals surface area contributed by atoms with Crippen LogP contribution >= 0.6 is 0 Å². The lowest BCUT2D eigenvalue weighted by Gasteiger charge is -2.06. The van der Waals surface area contributed by atoms with Crippen molar-refractivity contribution in [2.75, 3.05) is 6.61 Å². The lowest BCUT2D eigenvalue weighted by molar-refractivity contribution is -0.132. The molecule has 0 rings (SSSR count). The molecular weight excluding hydrogens is 280 g/mol. The van der Waals surface area contributed by atoms with Crippen LogP contribution in [0.5, 0.6) is 0 Å². The standard InChI is InChI=1S/C18H34O4/c1-16(18(21)22)15-17(20)13-11-9-7-5-3-2-4-6-8-10-12-14-19/h15,17,19-20H,2-14H2,1H3,(H,21,22). The monoisotopic (exact) mass is 314 g/mol. The van der Waals surface area contributed by atoms with Crippen molar-refractivity contribution < 1.29 is 20.1 Å². The minimum absolute atomic E-state index is 0.214. The van der Waals surface area contributed by atoms with Crippen LogP contribution in [0.1, 0.15) is 84.0 Å². The number of aliphatic hydroxyl groups is 2. The number of hydrogen-bond donors (Lipinski definition) is 3. The summed E-state index contributed by atoms with van der Waals surface area (Å²) < 4.78 is 0. The van der Waals surface area contributed by atoms with Crippen molar-refractivity contribution in [3.05, 3.63) is 11.6 Å². The van der Waals surface area contributed by atoms with Gasteiger partial charge in [-0.1, -0.05) is 64.2 Å². The van der Waals surface area contributed by atoms with Crippen molar-refractivity contribution in [2.45, 2.75) is 90.1 Å². The highest BCUT2D eigenvalue weighted by Gasteiger charge is 2.05. The number of hydrogen-bond acceptors (Lipinski definition) is 3. The number of carbonyl (C=O) groups is 1. The van der Waals surface area contributed by atoms with Crippen LogP contribution in [0.15, 0.2) is 11.6 Å². The van der Waals surface area contributed by atoms with Gasteiger partial charge < -0.3 is 15.3 Å². The van der Waals surface area contributed by atoms with E-state index in [1.165, 1.54) is 57.9 Å². The van der Waals surface area contributed by atoms with Gasteiger partial charge in [0.2, 0.25) is 0 Å². The maximum atomic E-state index is 10.6. The van der Waals surface area contributed by atoms with Gasteiger partial charge in [-0.3, -0.25) is 0 Å². The summed E-state index contributed by atoms with van der Waals surface area (Å²) in [7, 11) is 0. The smallest absolute Gasteiger partial charge is 0.331 e. The Morgan fingerprint density at radius 1 is 0.864 bits per heavy atom. The van der Waals surface area contributed by atoms with Gasteiger partial charge in [0.15, 0.2) is 0 Å². The van der Waals surface area contributed by atoms with E-state index in [0.717, 1.165) is 25.7 Å². The minimum atomic E-state index is -0.963. The molecule has 0 aromatic carbocycles. The first kappa shape index (κ1) is 21.1. The Morgan fingerprint density at radius 2 is 1.27 bits per heavy atom. The average molecular weight is 314 g/mol. The maximum absolute atomic E-state index is 10.6. The number of carboxylic acids is 1. The second kappa shape index (κ2) is 15.0. The zero-order chi connectivity index (χ0) is 16.6. The number of aliphatic hydroxyl groups excluding tert-OH is 2. The molecule has 0 spiro atoms. The summed E-state index contributed by atoms with van der Waals surface area (Å²) in [6, 6.07) is 0. The normalized spacial score (nSPS) is 13.3. The van der Waals surface area contributed by atoms with Gasteiger partial charge in [-0.15, -0.1) is 0 Å². The van der Waals surface area contributed by atoms with E-state index in [2.05, 4.69) is 0 Å². The molecule has 0 saturated heterocycles. The lowest BCUT2D eigenvalue weighted by Crippen LogP contribution is -2.06. The highest BCUT2D eigenvalue weighted by molar-refractivity contribution is 5.85. The van der Waals surface area contributed by atoms with Crippen molar-refractivity contribution in [3.63, 3.8) is 0 Å². The largest absolute Gasteiger partial charge is 0.478 e. The Kier molecular flexibility index (Phi) is 14.4. The topological polar surface area (TPSA) is 77.8 Å². The molecule has 0 aliphatic rings. The van der Waals surface area contributed by atoms with E-state index in [1.54, 1.807) is 0 Å². The first-order chi connectivity index (χ1) is 10.6. The van der Waals surface area contributed by atoms with E-state index >= 15 is 0 Å². The van der Waals surface area contributed by atoms with Crippen LogP contribution in [0, 0.1) is 0 Å². The molecule has 4 heteroatoms. The molecule has 0 heterocycles. The molecule has 22 heavy (non-hydrogen) atoms.